The van der Waals surface area contributed by atoms with E-state index in [4.69, 9.17) is 0 Å². The highest BCUT2D eigenvalue weighted by Crippen LogP contribution is 2.30. The highest BCUT2D eigenvalue weighted by atomic mass is 15.1. The van der Waals surface area contributed by atoms with E-state index in [1.807, 2.05) is 12.1 Å². The first-order valence-corrected chi connectivity index (χ1v) is 7.79. The van der Waals surface area contributed by atoms with E-state index >= 15 is 0 Å². The number of hydrogen-bond acceptors (Lipinski definition) is 4. The molecule has 0 amide bonds. The number of benzene rings is 1. The summed E-state index contributed by atoms with van der Waals surface area (Å²) in [4.78, 5) is 8.85. The quantitative estimate of drug-likeness (QED) is 0.848. The van der Waals surface area contributed by atoms with Crippen LogP contribution in [0.25, 0.3) is 0 Å². The molecular weight excluding hydrogens is 272 g/mol. The van der Waals surface area contributed by atoms with Gasteiger partial charge in [0.15, 0.2) is 0 Å². The molecule has 1 heterocycles. The van der Waals surface area contributed by atoms with Crippen molar-refractivity contribution in [3.8, 4) is 0 Å². The Hall–Kier alpha value is -2.10. The Morgan fingerprint density at radius 1 is 1.09 bits per heavy atom. The highest BCUT2D eigenvalue weighted by Gasteiger charge is 2.17. The Kier molecular flexibility index (Phi) is 5.01. The van der Waals surface area contributed by atoms with E-state index in [0.717, 1.165) is 18.1 Å². The maximum atomic E-state index is 4.53. The number of hydrogen-bond donors (Lipinski definition) is 2. The van der Waals surface area contributed by atoms with Crippen molar-refractivity contribution in [2.24, 2.45) is 5.92 Å². The lowest BCUT2D eigenvalue weighted by Gasteiger charge is -2.23. The Balaban J connectivity index is 2.19. The van der Waals surface area contributed by atoms with Gasteiger partial charge in [0.1, 0.15) is 5.82 Å². The molecule has 0 unspecified atom stereocenters. The molecule has 4 heteroatoms. The van der Waals surface area contributed by atoms with Crippen molar-refractivity contribution >= 4 is 17.5 Å². The molecule has 118 valence electrons. The molecule has 1 aromatic carbocycles. The van der Waals surface area contributed by atoms with E-state index in [9.17, 15) is 0 Å². The van der Waals surface area contributed by atoms with Gasteiger partial charge in [0.05, 0.1) is 0 Å². The molecule has 1 aromatic heterocycles. The number of rotatable bonds is 5. The van der Waals surface area contributed by atoms with Crippen LogP contribution in [0.4, 0.5) is 17.5 Å². The predicted molar refractivity (Wildman–Crippen MR) is 93.8 cm³/mol. The van der Waals surface area contributed by atoms with Crippen LogP contribution < -0.4 is 10.6 Å². The van der Waals surface area contributed by atoms with Gasteiger partial charge >= 0.3 is 0 Å². The molecule has 2 aromatic rings. The zero-order valence-corrected chi connectivity index (χ0v) is 14.1. The lowest BCUT2D eigenvalue weighted by molar-refractivity contribution is 0.592. The molecule has 0 saturated heterocycles. The van der Waals surface area contributed by atoms with Gasteiger partial charge in [-0.05, 0) is 29.0 Å². The molecule has 0 saturated carbocycles. The monoisotopic (exact) mass is 298 g/mol. The zero-order chi connectivity index (χ0) is 16.2. The summed E-state index contributed by atoms with van der Waals surface area (Å²) in [5.41, 5.74) is 2.37. The van der Waals surface area contributed by atoms with Crippen LogP contribution in [0, 0.1) is 5.92 Å². The summed E-state index contributed by atoms with van der Waals surface area (Å²) in [6.45, 7) is 11.9. The summed E-state index contributed by atoms with van der Waals surface area (Å²) >= 11 is 0. The fourth-order valence-corrected chi connectivity index (χ4v) is 2.19. The fourth-order valence-electron chi connectivity index (χ4n) is 2.19. The summed E-state index contributed by atoms with van der Waals surface area (Å²) in [6.07, 6.45) is 1.78. The van der Waals surface area contributed by atoms with Crippen molar-refractivity contribution in [3.63, 3.8) is 0 Å². The van der Waals surface area contributed by atoms with E-state index in [-0.39, 0.29) is 5.41 Å². The van der Waals surface area contributed by atoms with Gasteiger partial charge in [-0.3, -0.25) is 0 Å². The van der Waals surface area contributed by atoms with Crippen LogP contribution in [-0.4, -0.2) is 16.5 Å². The average molecular weight is 298 g/mol. The first-order chi connectivity index (χ1) is 10.4. The van der Waals surface area contributed by atoms with Gasteiger partial charge in [-0.25, -0.2) is 4.98 Å². The smallest absolute Gasteiger partial charge is 0.229 e. The second-order valence-electron chi connectivity index (χ2n) is 6.96. The number of nitrogens with zero attached hydrogens (tertiary/aromatic N) is 2. The number of anilines is 3. The van der Waals surface area contributed by atoms with Crippen molar-refractivity contribution < 1.29 is 0 Å². The summed E-state index contributed by atoms with van der Waals surface area (Å²) < 4.78 is 0. The van der Waals surface area contributed by atoms with Crippen molar-refractivity contribution in [2.75, 3.05) is 17.2 Å². The van der Waals surface area contributed by atoms with Crippen molar-refractivity contribution in [1.82, 2.24) is 9.97 Å². The molecule has 0 fully saturated rings. The van der Waals surface area contributed by atoms with Gasteiger partial charge in [-0.1, -0.05) is 52.8 Å². The Morgan fingerprint density at radius 2 is 1.82 bits per heavy atom. The van der Waals surface area contributed by atoms with E-state index in [2.05, 4.69) is 73.4 Å². The largest absolute Gasteiger partial charge is 0.370 e. The number of para-hydroxylation sites is 1. The fraction of sp³-hybridized carbons (Fsp3) is 0.444. The van der Waals surface area contributed by atoms with Crippen LogP contribution in [0.15, 0.2) is 36.5 Å². The second kappa shape index (κ2) is 6.77. The second-order valence-corrected chi connectivity index (χ2v) is 6.96. The molecule has 0 bridgehead atoms. The molecular formula is C18H26N4. The average Bonchev–Trinajstić information content (AvgIpc) is 2.45. The molecule has 0 spiro atoms. The summed E-state index contributed by atoms with van der Waals surface area (Å²) in [6, 6.07) is 10.2. The van der Waals surface area contributed by atoms with Crippen molar-refractivity contribution in [1.29, 1.82) is 0 Å². The van der Waals surface area contributed by atoms with Gasteiger partial charge < -0.3 is 10.6 Å². The third kappa shape index (κ3) is 4.45. The zero-order valence-electron chi connectivity index (χ0n) is 14.1. The van der Waals surface area contributed by atoms with E-state index in [0.29, 0.717) is 11.9 Å². The molecule has 0 aliphatic heterocycles. The molecule has 0 radical (unpaired) electrons. The van der Waals surface area contributed by atoms with E-state index in [1.165, 1.54) is 5.56 Å². The molecule has 2 N–H and O–H groups in total. The van der Waals surface area contributed by atoms with Crippen molar-refractivity contribution in [2.45, 2.75) is 40.0 Å². The highest BCUT2D eigenvalue weighted by molar-refractivity contribution is 5.61. The minimum atomic E-state index is 0.0666. The minimum absolute atomic E-state index is 0.0666. The lowest BCUT2D eigenvalue weighted by atomic mass is 9.86. The lowest BCUT2D eigenvalue weighted by Crippen LogP contribution is -2.14. The molecule has 22 heavy (non-hydrogen) atoms. The van der Waals surface area contributed by atoms with Crippen LogP contribution in [0.2, 0.25) is 0 Å². The third-order valence-electron chi connectivity index (χ3n) is 3.33. The molecule has 2 rings (SSSR count). The van der Waals surface area contributed by atoms with Crippen LogP contribution in [0.5, 0.6) is 0 Å². The van der Waals surface area contributed by atoms with Gasteiger partial charge in [0.25, 0.3) is 0 Å². The van der Waals surface area contributed by atoms with Gasteiger partial charge in [-0.15, -0.1) is 0 Å². The van der Waals surface area contributed by atoms with Gasteiger partial charge in [0, 0.05) is 18.4 Å². The van der Waals surface area contributed by atoms with E-state index < -0.39 is 0 Å². The molecule has 0 aliphatic carbocycles. The SMILES string of the molecule is CC(C)CNc1ccnc(Nc2ccccc2C(C)(C)C)n1. The Labute approximate surface area is 133 Å². The molecule has 4 nitrogen and oxygen atoms in total. The maximum absolute atomic E-state index is 4.53. The van der Waals surface area contributed by atoms with Crippen LogP contribution in [0.1, 0.15) is 40.2 Å². The first-order valence-electron chi connectivity index (χ1n) is 7.79. The van der Waals surface area contributed by atoms with Crippen LogP contribution in [0.3, 0.4) is 0 Å². The number of aromatic nitrogens is 2. The minimum Gasteiger partial charge on any atom is -0.370 e. The summed E-state index contributed by atoms with van der Waals surface area (Å²) in [7, 11) is 0. The topological polar surface area (TPSA) is 49.8 Å². The van der Waals surface area contributed by atoms with Crippen LogP contribution in [-0.2, 0) is 5.41 Å². The maximum Gasteiger partial charge on any atom is 0.229 e. The summed E-state index contributed by atoms with van der Waals surface area (Å²) in [5, 5.41) is 6.67. The molecule has 0 aliphatic rings. The standard InChI is InChI=1S/C18H26N4/c1-13(2)12-20-16-10-11-19-17(22-16)21-15-9-7-6-8-14(15)18(3,4)5/h6-11,13H,12H2,1-5H3,(H2,19,20,21,22). The third-order valence-corrected chi connectivity index (χ3v) is 3.33. The van der Waals surface area contributed by atoms with Gasteiger partial charge in [0.2, 0.25) is 5.95 Å². The Morgan fingerprint density at radius 3 is 2.50 bits per heavy atom. The van der Waals surface area contributed by atoms with Crippen LogP contribution >= 0.6 is 0 Å². The molecule has 0 atom stereocenters. The normalized spacial score (nSPS) is 11.5. The first kappa shape index (κ1) is 16.3. The Bertz CT molecular complexity index is 614. The predicted octanol–water partition coefficient (Wildman–Crippen LogP) is 4.59. The van der Waals surface area contributed by atoms with E-state index in [1.54, 1.807) is 6.20 Å². The number of nitrogens with one attached hydrogen (secondary N) is 2. The summed E-state index contributed by atoms with van der Waals surface area (Å²) in [5.74, 6) is 2.04. The van der Waals surface area contributed by atoms with Gasteiger partial charge in [-0.2, -0.15) is 4.98 Å². The van der Waals surface area contributed by atoms with Crippen molar-refractivity contribution in [3.05, 3.63) is 42.1 Å².